The van der Waals surface area contributed by atoms with Gasteiger partial charge in [0.25, 0.3) is 5.91 Å². The predicted molar refractivity (Wildman–Crippen MR) is 74.8 cm³/mol. The summed E-state index contributed by atoms with van der Waals surface area (Å²) >= 11 is 1.08. The summed E-state index contributed by atoms with van der Waals surface area (Å²) in [5.41, 5.74) is 1.34. The van der Waals surface area contributed by atoms with Crippen LogP contribution in [0.1, 0.15) is 22.3 Å². The number of carbonyl (C=O) groups is 1. The molecule has 0 aliphatic heterocycles. The van der Waals surface area contributed by atoms with Crippen LogP contribution in [0.25, 0.3) is 0 Å². The number of rotatable bonds is 5. The highest BCUT2D eigenvalue weighted by Crippen LogP contribution is 2.18. The van der Waals surface area contributed by atoms with Crippen molar-refractivity contribution in [2.45, 2.75) is 13.3 Å². The maximum Gasteiger partial charge on any atom is 0.269 e. The largest absolute Gasteiger partial charge is 0.479 e. The average Bonchev–Trinajstić information content (AvgIpc) is 2.95. The van der Waals surface area contributed by atoms with E-state index in [-0.39, 0.29) is 12.5 Å². The van der Waals surface area contributed by atoms with Gasteiger partial charge in [0.15, 0.2) is 6.61 Å². The smallest absolute Gasteiger partial charge is 0.269 e. The van der Waals surface area contributed by atoms with E-state index in [1.54, 1.807) is 24.3 Å². The van der Waals surface area contributed by atoms with E-state index in [0.717, 1.165) is 11.5 Å². The Kier molecular flexibility index (Phi) is 4.63. The highest BCUT2D eigenvalue weighted by molar-refractivity contribution is 7.08. The molecule has 1 aromatic carbocycles. The molecule has 102 valence electrons. The summed E-state index contributed by atoms with van der Waals surface area (Å²) in [7, 11) is 0. The third-order valence-electron chi connectivity index (χ3n) is 2.51. The first-order valence-corrected chi connectivity index (χ1v) is 6.74. The number of aryl methyl sites for hydroxylation is 1. The van der Waals surface area contributed by atoms with E-state index >= 15 is 0 Å². The van der Waals surface area contributed by atoms with Crippen LogP contribution in [0.4, 0.5) is 5.69 Å². The normalized spacial score (nSPS) is 9.80. The molecule has 0 saturated carbocycles. The van der Waals surface area contributed by atoms with Crippen molar-refractivity contribution in [3.63, 3.8) is 0 Å². The fourth-order valence-corrected chi connectivity index (χ4v) is 2.20. The van der Waals surface area contributed by atoms with Crippen LogP contribution in [-0.4, -0.2) is 22.1 Å². The van der Waals surface area contributed by atoms with E-state index < -0.39 is 0 Å². The molecular weight excluding hydrogens is 276 g/mol. The molecule has 0 saturated heterocycles. The lowest BCUT2D eigenvalue weighted by atomic mass is 10.2. The molecule has 0 bridgehead atoms. The Bertz CT molecular complexity index is 631. The molecule has 0 unspecified atom stereocenters. The molecule has 2 rings (SSSR count). The van der Waals surface area contributed by atoms with Crippen molar-refractivity contribution in [2.75, 3.05) is 11.9 Å². The van der Waals surface area contributed by atoms with Gasteiger partial charge in [-0.3, -0.25) is 4.79 Å². The van der Waals surface area contributed by atoms with Crippen LogP contribution in [0.5, 0.6) is 5.75 Å². The van der Waals surface area contributed by atoms with Crippen LogP contribution in [0.2, 0.25) is 0 Å². The number of hydrogen-bond donors (Lipinski definition) is 1. The maximum absolute atomic E-state index is 12.1. The van der Waals surface area contributed by atoms with Gasteiger partial charge < -0.3 is 10.1 Å². The first-order chi connectivity index (χ1) is 9.74. The number of hydrogen-bond acceptors (Lipinski definition) is 6. The summed E-state index contributed by atoms with van der Waals surface area (Å²) in [6.07, 6.45) is 0.667. The van der Waals surface area contributed by atoms with Crippen molar-refractivity contribution in [3.05, 3.63) is 34.8 Å². The van der Waals surface area contributed by atoms with Gasteiger partial charge in [0.2, 0.25) is 0 Å². The first-order valence-electron chi connectivity index (χ1n) is 5.97. The van der Waals surface area contributed by atoms with Crippen molar-refractivity contribution in [3.8, 4) is 11.8 Å². The fourth-order valence-electron chi connectivity index (χ4n) is 1.55. The minimum atomic E-state index is -0.220. The van der Waals surface area contributed by atoms with Crippen molar-refractivity contribution in [1.29, 1.82) is 5.26 Å². The summed E-state index contributed by atoms with van der Waals surface area (Å²) < 4.78 is 8.92. The number of nitrogens with zero attached hydrogens (tertiary/aromatic N) is 3. The third kappa shape index (κ3) is 3.30. The van der Waals surface area contributed by atoms with Crippen molar-refractivity contribution in [2.24, 2.45) is 0 Å². The molecule has 7 heteroatoms. The molecule has 1 N–H and O–H groups in total. The predicted octanol–water partition coefficient (Wildman–Crippen LogP) is 2.26. The molecule has 0 radical (unpaired) electrons. The number of nitrogens with one attached hydrogen (secondary N) is 1. The van der Waals surface area contributed by atoms with Crippen LogP contribution in [0.3, 0.4) is 0 Å². The van der Waals surface area contributed by atoms with Crippen LogP contribution < -0.4 is 10.1 Å². The van der Waals surface area contributed by atoms with Gasteiger partial charge in [-0.05, 0) is 42.2 Å². The zero-order chi connectivity index (χ0) is 14.4. The number of carbonyl (C=O) groups excluding carboxylic acids is 1. The number of anilines is 1. The van der Waals surface area contributed by atoms with Gasteiger partial charge in [0.05, 0.1) is 5.69 Å². The Labute approximate surface area is 120 Å². The van der Waals surface area contributed by atoms with Gasteiger partial charge in [-0.15, -0.1) is 5.10 Å². The minimum absolute atomic E-state index is 0.00188. The van der Waals surface area contributed by atoms with E-state index in [1.165, 1.54) is 0 Å². The molecule has 1 amide bonds. The molecule has 2 aromatic rings. The quantitative estimate of drug-likeness (QED) is 0.911. The first kappa shape index (κ1) is 14.0. The Morgan fingerprint density at radius 2 is 2.20 bits per heavy atom. The van der Waals surface area contributed by atoms with Crippen molar-refractivity contribution >= 4 is 23.1 Å². The Balaban J connectivity index is 2.03. The molecule has 0 fully saturated rings. The van der Waals surface area contributed by atoms with Crippen LogP contribution in [0, 0.1) is 11.3 Å². The summed E-state index contributed by atoms with van der Waals surface area (Å²) in [5, 5.41) is 15.1. The maximum atomic E-state index is 12.1. The van der Waals surface area contributed by atoms with E-state index in [0.29, 0.717) is 28.4 Å². The topological polar surface area (TPSA) is 87.9 Å². The molecule has 1 aromatic heterocycles. The number of aromatic nitrogens is 2. The van der Waals surface area contributed by atoms with Gasteiger partial charge in [-0.1, -0.05) is 11.4 Å². The second kappa shape index (κ2) is 6.63. The lowest BCUT2D eigenvalue weighted by molar-refractivity contribution is 0.102. The standard InChI is InChI=1S/C13H12N4O2S/c1-2-11-12(20-17-16-11)13(18)15-9-3-5-10(6-4-9)19-8-7-14/h3-6H,2,8H2,1H3,(H,15,18). The van der Waals surface area contributed by atoms with Gasteiger partial charge >= 0.3 is 0 Å². The van der Waals surface area contributed by atoms with Crippen LogP contribution >= 0.6 is 11.5 Å². The molecule has 6 nitrogen and oxygen atoms in total. The average molecular weight is 288 g/mol. The minimum Gasteiger partial charge on any atom is -0.479 e. The Hall–Kier alpha value is -2.46. The van der Waals surface area contributed by atoms with E-state index in [4.69, 9.17) is 10.00 Å². The molecule has 0 aliphatic rings. The second-order valence-corrected chi connectivity index (χ2v) is 4.58. The van der Waals surface area contributed by atoms with Crippen LogP contribution in [-0.2, 0) is 6.42 Å². The molecule has 0 atom stereocenters. The molecule has 20 heavy (non-hydrogen) atoms. The molecule has 0 aliphatic carbocycles. The molecular formula is C13H12N4O2S. The van der Waals surface area contributed by atoms with E-state index in [2.05, 4.69) is 14.9 Å². The number of ether oxygens (including phenoxy) is 1. The highest BCUT2D eigenvalue weighted by Gasteiger charge is 2.14. The lowest BCUT2D eigenvalue weighted by Gasteiger charge is -2.05. The summed E-state index contributed by atoms with van der Waals surface area (Å²) in [5.74, 6) is 0.362. The molecule has 1 heterocycles. The third-order valence-corrected chi connectivity index (χ3v) is 3.28. The van der Waals surface area contributed by atoms with Crippen molar-refractivity contribution in [1.82, 2.24) is 9.59 Å². The fraction of sp³-hybridized carbons (Fsp3) is 0.231. The monoisotopic (exact) mass is 288 g/mol. The number of nitriles is 1. The van der Waals surface area contributed by atoms with Crippen LogP contribution in [0.15, 0.2) is 24.3 Å². The van der Waals surface area contributed by atoms with Crippen molar-refractivity contribution < 1.29 is 9.53 Å². The second-order valence-electron chi connectivity index (χ2n) is 3.83. The van der Waals surface area contributed by atoms with Gasteiger partial charge in [0.1, 0.15) is 16.7 Å². The van der Waals surface area contributed by atoms with Gasteiger partial charge in [-0.25, -0.2) is 0 Å². The highest BCUT2D eigenvalue weighted by atomic mass is 32.1. The SMILES string of the molecule is CCc1nnsc1C(=O)Nc1ccc(OCC#N)cc1. The molecule has 0 spiro atoms. The number of amides is 1. The Morgan fingerprint density at radius 1 is 1.45 bits per heavy atom. The zero-order valence-corrected chi connectivity index (χ0v) is 11.6. The van der Waals surface area contributed by atoms with E-state index in [9.17, 15) is 4.79 Å². The summed E-state index contributed by atoms with van der Waals surface area (Å²) in [6.45, 7) is 1.92. The Morgan fingerprint density at radius 3 is 2.85 bits per heavy atom. The van der Waals surface area contributed by atoms with Gasteiger partial charge in [-0.2, -0.15) is 5.26 Å². The van der Waals surface area contributed by atoms with E-state index in [1.807, 2.05) is 13.0 Å². The van der Waals surface area contributed by atoms with Gasteiger partial charge in [0, 0.05) is 5.69 Å². The summed E-state index contributed by atoms with van der Waals surface area (Å²) in [6, 6.07) is 8.70. The number of benzene rings is 1. The zero-order valence-electron chi connectivity index (χ0n) is 10.8. The lowest BCUT2D eigenvalue weighted by Crippen LogP contribution is -2.12. The summed E-state index contributed by atoms with van der Waals surface area (Å²) in [4.78, 5) is 12.6.